The van der Waals surface area contributed by atoms with Crippen molar-refractivity contribution in [3.05, 3.63) is 63.1 Å². The number of nitrogens with two attached hydrogens (primary N) is 1. The summed E-state index contributed by atoms with van der Waals surface area (Å²) < 4.78 is 4.72. The number of fused-ring (bicyclic) bond motifs is 1. The second-order valence-corrected chi connectivity index (χ2v) is 7.36. The lowest BCUT2D eigenvalue weighted by molar-refractivity contribution is -0.135. The molecule has 1 aromatic rings. The predicted octanol–water partition coefficient (Wildman–Crippen LogP) is 0.805. The lowest BCUT2D eigenvalue weighted by atomic mass is 9.83. The van der Waals surface area contributed by atoms with Crippen molar-refractivity contribution in [2.45, 2.75) is 5.92 Å². The number of methoxy groups -OCH3 is 1. The number of pyridine rings is 1. The first-order chi connectivity index (χ1) is 13.8. The Kier molecular flexibility index (Phi) is 5.43. The second-order valence-electron chi connectivity index (χ2n) is 6.32. The fourth-order valence-corrected chi connectivity index (χ4v) is 4.18. The van der Waals surface area contributed by atoms with Crippen LogP contribution in [0.3, 0.4) is 0 Å². The molecule has 3 rings (SSSR count). The maximum Gasteiger partial charge on any atom is 0.344 e. The van der Waals surface area contributed by atoms with Crippen LogP contribution in [0, 0.1) is 11.3 Å². The van der Waals surface area contributed by atoms with Gasteiger partial charge in [0.2, 0.25) is 0 Å². The van der Waals surface area contributed by atoms with Gasteiger partial charge in [-0.1, -0.05) is 17.8 Å². The van der Waals surface area contributed by atoms with Crippen molar-refractivity contribution in [3.63, 3.8) is 0 Å². The summed E-state index contributed by atoms with van der Waals surface area (Å²) in [5.74, 6) is -2.71. The molecule has 0 fully saturated rings. The molecule has 1 aromatic heterocycles. The molecule has 29 heavy (non-hydrogen) atoms. The number of carbonyl (C=O) groups excluding carboxylic acids is 3. The molecular formula is C19H17N5O4S. The topological polar surface area (TPSA) is 130 Å². The number of hydrogen-bond acceptors (Lipinski definition) is 8. The SMILES string of the molecule is COC(=O)C1=CC(=O)N2C(N)=C(C#N)[C@@H](c3cccnc3)C(C(=O)N(C)C)=C2S1. The Bertz CT molecular complexity index is 1040. The van der Waals surface area contributed by atoms with Crippen molar-refractivity contribution in [2.75, 3.05) is 21.2 Å². The molecule has 1 atom stereocenters. The minimum absolute atomic E-state index is 0.0194. The zero-order valence-electron chi connectivity index (χ0n) is 15.9. The first-order valence-corrected chi connectivity index (χ1v) is 9.20. The Hall–Kier alpha value is -3.58. The molecule has 2 amide bonds. The molecule has 2 N–H and O–H groups in total. The lowest BCUT2D eigenvalue weighted by Gasteiger charge is -2.37. The van der Waals surface area contributed by atoms with Gasteiger partial charge in [-0.3, -0.25) is 19.5 Å². The van der Waals surface area contributed by atoms with Gasteiger partial charge >= 0.3 is 5.97 Å². The van der Waals surface area contributed by atoms with Crippen LogP contribution in [0.5, 0.6) is 0 Å². The number of carbonyl (C=O) groups is 3. The summed E-state index contributed by atoms with van der Waals surface area (Å²) in [7, 11) is 4.31. The average molecular weight is 411 g/mol. The van der Waals surface area contributed by atoms with E-state index in [2.05, 4.69) is 4.98 Å². The van der Waals surface area contributed by atoms with E-state index in [4.69, 9.17) is 10.5 Å². The third-order valence-corrected chi connectivity index (χ3v) is 5.47. The van der Waals surface area contributed by atoms with Gasteiger partial charge < -0.3 is 15.4 Å². The van der Waals surface area contributed by atoms with E-state index in [1.165, 1.54) is 18.2 Å². The van der Waals surface area contributed by atoms with Crippen molar-refractivity contribution >= 4 is 29.5 Å². The molecule has 0 aromatic carbocycles. The Morgan fingerprint density at radius 1 is 1.41 bits per heavy atom. The van der Waals surface area contributed by atoms with Gasteiger partial charge in [0.25, 0.3) is 11.8 Å². The van der Waals surface area contributed by atoms with Gasteiger partial charge in [-0.05, 0) is 11.6 Å². The van der Waals surface area contributed by atoms with E-state index in [1.54, 1.807) is 32.4 Å². The van der Waals surface area contributed by atoms with Crippen LogP contribution >= 0.6 is 11.8 Å². The van der Waals surface area contributed by atoms with Crippen molar-refractivity contribution < 1.29 is 19.1 Å². The summed E-state index contributed by atoms with van der Waals surface area (Å²) in [6, 6.07) is 5.42. The van der Waals surface area contributed by atoms with E-state index >= 15 is 0 Å². The third kappa shape index (κ3) is 3.36. The van der Waals surface area contributed by atoms with Crippen molar-refractivity contribution in [2.24, 2.45) is 5.73 Å². The zero-order valence-corrected chi connectivity index (χ0v) is 16.7. The highest BCUT2D eigenvalue weighted by molar-refractivity contribution is 8.07. The number of allylic oxidation sites excluding steroid dienone is 1. The molecule has 148 valence electrons. The highest BCUT2D eigenvalue weighted by Gasteiger charge is 2.44. The Morgan fingerprint density at radius 2 is 2.14 bits per heavy atom. The quantitative estimate of drug-likeness (QED) is 0.723. The van der Waals surface area contributed by atoms with Crippen LogP contribution in [0.25, 0.3) is 0 Å². The van der Waals surface area contributed by atoms with Crippen molar-refractivity contribution in [3.8, 4) is 6.07 Å². The molecule has 9 nitrogen and oxygen atoms in total. The van der Waals surface area contributed by atoms with Gasteiger partial charge in [0.15, 0.2) is 0 Å². The van der Waals surface area contributed by atoms with Crippen LogP contribution in [0.1, 0.15) is 11.5 Å². The monoisotopic (exact) mass is 411 g/mol. The van der Waals surface area contributed by atoms with Crippen LogP contribution in [-0.2, 0) is 19.1 Å². The molecular weight excluding hydrogens is 394 g/mol. The second kappa shape index (κ2) is 7.81. The van der Waals surface area contributed by atoms with Gasteiger partial charge in [0.05, 0.1) is 35.3 Å². The fraction of sp³-hybridized carbons (Fsp3) is 0.211. The molecule has 0 saturated carbocycles. The van der Waals surface area contributed by atoms with Gasteiger partial charge in [-0.25, -0.2) is 4.79 Å². The molecule has 3 heterocycles. The summed E-state index contributed by atoms with van der Waals surface area (Å²) in [6.45, 7) is 0. The van der Waals surface area contributed by atoms with Crippen LogP contribution in [0.4, 0.5) is 0 Å². The number of rotatable bonds is 3. The molecule has 0 saturated heterocycles. The fourth-order valence-electron chi connectivity index (χ4n) is 3.05. The number of ether oxygens (including phenoxy) is 1. The van der Waals surface area contributed by atoms with Crippen LogP contribution < -0.4 is 5.73 Å². The zero-order chi connectivity index (χ0) is 21.3. The molecule has 10 heteroatoms. The normalized spacial score (nSPS) is 18.7. The smallest absolute Gasteiger partial charge is 0.344 e. The van der Waals surface area contributed by atoms with E-state index in [-0.39, 0.29) is 26.9 Å². The molecule has 0 unspecified atom stereocenters. The molecule has 2 aliphatic heterocycles. The van der Waals surface area contributed by atoms with E-state index in [0.717, 1.165) is 22.7 Å². The van der Waals surface area contributed by atoms with E-state index in [1.807, 2.05) is 6.07 Å². The first-order valence-electron chi connectivity index (χ1n) is 8.39. The number of thioether (sulfide) groups is 1. The van der Waals surface area contributed by atoms with Gasteiger partial charge in [0, 0.05) is 32.6 Å². The van der Waals surface area contributed by atoms with Crippen molar-refractivity contribution in [1.29, 1.82) is 5.26 Å². The number of esters is 1. The Labute approximate surface area is 171 Å². The number of nitriles is 1. The standard InChI is InChI=1S/C19H17N5O4S/c1-23(2)17(26)15-14(10-5-4-6-22-9-10)11(8-20)16(21)24-13(25)7-12(19(27)28-3)29-18(15)24/h4-7,9,14H,21H2,1-3H3/t14-/m1/s1. The Balaban J connectivity index is 2.33. The largest absolute Gasteiger partial charge is 0.465 e. The van der Waals surface area contributed by atoms with Gasteiger partial charge in [-0.15, -0.1) is 0 Å². The lowest BCUT2D eigenvalue weighted by Crippen LogP contribution is -2.42. The molecule has 0 aliphatic carbocycles. The Morgan fingerprint density at radius 3 is 2.69 bits per heavy atom. The maximum atomic E-state index is 13.1. The van der Waals surface area contributed by atoms with Gasteiger partial charge in [-0.2, -0.15) is 5.26 Å². The van der Waals surface area contributed by atoms with Gasteiger partial charge in [0.1, 0.15) is 10.7 Å². The van der Waals surface area contributed by atoms with E-state index in [9.17, 15) is 19.6 Å². The minimum Gasteiger partial charge on any atom is -0.465 e. The summed E-state index contributed by atoms with van der Waals surface area (Å²) in [4.78, 5) is 44.4. The number of amides is 2. The average Bonchev–Trinajstić information content (AvgIpc) is 2.72. The molecule has 0 bridgehead atoms. The molecule has 0 radical (unpaired) electrons. The predicted molar refractivity (Wildman–Crippen MR) is 104 cm³/mol. The molecule has 0 spiro atoms. The highest BCUT2D eigenvalue weighted by Crippen LogP contribution is 2.48. The molecule has 2 aliphatic rings. The summed E-state index contributed by atoms with van der Waals surface area (Å²) >= 11 is 0.900. The number of hydrogen-bond donors (Lipinski definition) is 1. The minimum atomic E-state index is -0.841. The third-order valence-electron chi connectivity index (χ3n) is 4.37. The summed E-state index contributed by atoms with van der Waals surface area (Å²) in [6.07, 6.45) is 4.17. The van der Waals surface area contributed by atoms with Crippen LogP contribution in [-0.4, -0.2) is 53.8 Å². The number of likely N-dealkylation sites (N-methyl/N-ethyl adjacent to an activating group) is 1. The van der Waals surface area contributed by atoms with E-state index < -0.39 is 23.7 Å². The van der Waals surface area contributed by atoms with Crippen LogP contribution in [0.2, 0.25) is 0 Å². The van der Waals surface area contributed by atoms with E-state index in [0.29, 0.717) is 5.56 Å². The van der Waals surface area contributed by atoms with Crippen molar-refractivity contribution in [1.82, 2.24) is 14.8 Å². The number of aromatic nitrogens is 1. The van der Waals surface area contributed by atoms with Crippen LogP contribution in [0.15, 0.2) is 57.5 Å². The highest BCUT2D eigenvalue weighted by atomic mass is 32.2. The summed E-state index contributed by atoms with van der Waals surface area (Å²) in [5, 5.41) is 9.96. The first kappa shape index (κ1) is 20.2. The maximum absolute atomic E-state index is 13.1. The summed E-state index contributed by atoms with van der Waals surface area (Å²) in [5.41, 5.74) is 6.95. The number of nitrogens with zero attached hydrogens (tertiary/aromatic N) is 4.